The van der Waals surface area contributed by atoms with E-state index in [4.69, 9.17) is 21.3 Å². The van der Waals surface area contributed by atoms with Gasteiger partial charge in [0.2, 0.25) is 5.91 Å². The number of halogens is 1. The molecule has 6 nitrogen and oxygen atoms in total. The molecule has 1 saturated heterocycles. The van der Waals surface area contributed by atoms with E-state index >= 15 is 0 Å². The molecule has 2 atom stereocenters. The number of ether oxygens (including phenoxy) is 1. The van der Waals surface area contributed by atoms with Gasteiger partial charge in [-0.3, -0.25) is 4.79 Å². The number of aliphatic hydroxyl groups is 1. The highest BCUT2D eigenvalue weighted by atomic mass is 35.5. The fraction of sp³-hybridized carbons (Fsp3) is 0.286. The van der Waals surface area contributed by atoms with Gasteiger partial charge in [0.25, 0.3) is 0 Å². The van der Waals surface area contributed by atoms with Crippen molar-refractivity contribution in [2.75, 3.05) is 18.1 Å². The van der Waals surface area contributed by atoms with Crippen LogP contribution in [0, 0.1) is 13.8 Å². The standard InChI is InChI=1S/C28H28ClN3O3/c1-18-7-9-21(10-8-18)31-15-20(14-27(31)34)28-30-25-5-3-4-6-26(25)32(28)16-22(33)17-35-23-11-12-24(29)19(2)13-23/h3-13,20,22,33H,14-17H2,1-2H3/t20-,22+/m1/s1. The fourth-order valence-corrected chi connectivity index (χ4v) is 4.73. The van der Waals surface area contributed by atoms with Crippen LogP contribution < -0.4 is 9.64 Å². The van der Waals surface area contributed by atoms with Gasteiger partial charge in [0.1, 0.15) is 24.3 Å². The van der Waals surface area contributed by atoms with Gasteiger partial charge in [-0.25, -0.2) is 4.98 Å². The SMILES string of the molecule is Cc1ccc(N2C[C@H](c3nc4ccccc4n3C[C@H](O)COc3ccc(Cl)c(C)c3)CC2=O)cc1. The molecule has 1 aromatic heterocycles. The minimum atomic E-state index is -0.757. The maximum atomic E-state index is 12.9. The first-order chi connectivity index (χ1) is 16.9. The summed E-state index contributed by atoms with van der Waals surface area (Å²) in [5.41, 5.74) is 4.77. The molecule has 7 heteroatoms. The highest BCUT2D eigenvalue weighted by Crippen LogP contribution is 2.33. The summed E-state index contributed by atoms with van der Waals surface area (Å²) in [7, 11) is 0. The Morgan fingerprint density at radius 1 is 1.11 bits per heavy atom. The van der Waals surface area contributed by atoms with E-state index in [0.29, 0.717) is 30.3 Å². The van der Waals surface area contributed by atoms with Crippen LogP contribution in [0.15, 0.2) is 66.7 Å². The summed E-state index contributed by atoms with van der Waals surface area (Å²) in [5.74, 6) is 1.50. The Labute approximate surface area is 209 Å². The molecule has 3 aromatic carbocycles. The molecule has 1 fully saturated rings. The van der Waals surface area contributed by atoms with Crippen molar-refractivity contribution in [3.05, 3.63) is 88.7 Å². The lowest BCUT2D eigenvalue weighted by molar-refractivity contribution is -0.117. The lowest BCUT2D eigenvalue weighted by Crippen LogP contribution is -2.26. The molecule has 0 radical (unpaired) electrons. The molecule has 1 aliphatic rings. The van der Waals surface area contributed by atoms with E-state index in [1.54, 1.807) is 12.1 Å². The van der Waals surface area contributed by atoms with Gasteiger partial charge in [-0.05, 0) is 61.9 Å². The second kappa shape index (κ2) is 9.72. The number of fused-ring (bicyclic) bond motifs is 1. The lowest BCUT2D eigenvalue weighted by Gasteiger charge is -2.19. The van der Waals surface area contributed by atoms with E-state index in [-0.39, 0.29) is 18.4 Å². The van der Waals surface area contributed by atoms with Gasteiger partial charge in [-0.2, -0.15) is 0 Å². The predicted molar refractivity (Wildman–Crippen MR) is 138 cm³/mol. The number of aromatic nitrogens is 2. The van der Waals surface area contributed by atoms with E-state index in [9.17, 15) is 9.90 Å². The van der Waals surface area contributed by atoms with Crippen LogP contribution in [0.2, 0.25) is 5.02 Å². The van der Waals surface area contributed by atoms with E-state index in [1.807, 2.05) is 77.9 Å². The van der Waals surface area contributed by atoms with Crippen molar-refractivity contribution < 1.29 is 14.6 Å². The maximum absolute atomic E-state index is 12.9. The molecule has 5 rings (SSSR count). The Kier molecular flexibility index (Phi) is 6.50. The van der Waals surface area contributed by atoms with E-state index in [0.717, 1.165) is 33.7 Å². The minimum absolute atomic E-state index is 0.0664. The minimum Gasteiger partial charge on any atom is -0.491 e. The number of carbonyl (C=O) groups is 1. The van der Waals surface area contributed by atoms with E-state index in [1.165, 1.54) is 0 Å². The number of aliphatic hydroxyl groups excluding tert-OH is 1. The highest BCUT2D eigenvalue weighted by molar-refractivity contribution is 6.31. The number of imidazole rings is 1. The Hall–Kier alpha value is -3.35. The van der Waals surface area contributed by atoms with Crippen LogP contribution >= 0.6 is 11.6 Å². The van der Waals surface area contributed by atoms with E-state index < -0.39 is 6.10 Å². The molecule has 0 spiro atoms. The Bertz CT molecular complexity index is 1370. The molecule has 0 saturated carbocycles. The van der Waals surface area contributed by atoms with Gasteiger partial charge in [0.05, 0.1) is 17.6 Å². The molecule has 1 N–H and O–H groups in total. The average Bonchev–Trinajstić information content (AvgIpc) is 3.41. The van der Waals surface area contributed by atoms with Gasteiger partial charge >= 0.3 is 0 Å². The zero-order valence-corrected chi connectivity index (χ0v) is 20.6. The van der Waals surface area contributed by atoms with Crippen molar-refractivity contribution in [1.82, 2.24) is 9.55 Å². The molecule has 2 heterocycles. The summed E-state index contributed by atoms with van der Waals surface area (Å²) in [6.45, 7) is 4.95. The largest absolute Gasteiger partial charge is 0.491 e. The first-order valence-corrected chi connectivity index (χ1v) is 12.2. The normalized spacial score (nSPS) is 16.7. The van der Waals surface area contributed by atoms with Crippen LogP contribution in [0.1, 0.15) is 29.3 Å². The van der Waals surface area contributed by atoms with Crippen LogP contribution in [0.5, 0.6) is 5.75 Å². The van der Waals surface area contributed by atoms with Gasteiger partial charge in [0.15, 0.2) is 0 Å². The molecule has 1 amide bonds. The molecule has 1 aliphatic heterocycles. The number of anilines is 1. The number of hydrogen-bond acceptors (Lipinski definition) is 4. The number of carbonyl (C=O) groups excluding carboxylic acids is 1. The summed E-state index contributed by atoms with van der Waals surface area (Å²) in [5, 5.41) is 11.5. The third-order valence-electron chi connectivity index (χ3n) is 6.49. The van der Waals surface area contributed by atoms with Crippen molar-refractivity contribution in [3.8, 4) is 5.75 Å². The lowest BCUT2D eigenvalue weighted by atomic mass is 10.1. The summed E-state index contributed by atoms with van der Waals surface area (Å²) in [4.78, 5) is 19.6. The van der Waals surface area contributed by atoms with Gasteiger partial charge < -0.3 is 19.3 Å². The summed E-state index contributed by atoms with van der Waals surface area (Å²) in [6.07, 6.45) is -0.374. The third kappa shape index (κ3) is 4.90. The first-order valence-electron chi connectivity index (χ1n) is 11.8. The summed E-state index contributed by atoms with van der Waals surface area (Å²) < 4.78 is 7.86. The Morgan fingerprint density at radius 2 is 1.89 bits per heavy atom. The average molecular weight is 490 g/mol. The molecule has 0 bridgehead atoms. The van der Waals surface area contributed by atoms with Crippen molar-refractivity contribution >= 4 is 34.2 Å². The highest BCUT2D eigenvalue weighted by Gasteiger charge is 2.35. The quantitative estimate of drug-likeness (QED) is 0.384. The van der Waals surface area contributed by atoms with Crippen molar-refractivity contribution in [2.45, 2.75) is 38.8 Å². The summed E-state index contributed by atoms with van der Waals surface area (Å²) in [6, 6.07) is 21.3. The number of benzene rings is 3. The Morgan fingerprint density at radius 3 is 2.66 bits per heavy atom. The van der Waals surface area contributed by atoms with Crippen molar-refractivity contribution in [3.63, 3.8) is 0 Å². The topological polar surface area (TPSA) is 67.6 Å². The molecule has 0 unspecified atom stereocenters. The number of aryl methyl sites for hydroxylation is 2. The fourth-order valence-electron chi connectivity index (χ4n) is 4.62. The number of amides is 1. The molecular formula is C28H28ClN3O3. The molecule has 0 aliphatic carbocycles. The van der Waals surface area contributed by atoms with E-state index in [2.05, 4.69) is 0 Å². The Balaban J connectivity index is 1.37. The van der Waals surface area contributed by atoms with Gasteiger partial charge in [-0.15, -0.1) is 0 Å². The van der Waals surface area contributed by atoms with Crippen LogP contribution in [-0.2, 0) is 11.3 Å². The van der Waals surface area contributed by atoms with Crippen molar-refractivity contribution in [1.29, 1.82) is 0 Å². The second-order valence-corrected chi connectivity index (χ2v) is 9.59. The van der Waals surface area contributed by atoms with Crippen molar-refractivity contribution in [2.24, 2.45) is 0 Å². The number of rotatable bonds is 7. The molecule has 35 heavy (non-hydrogen) atoms. The molecule has 180 valence electrons. The van der Waals surface area contributed by atoms with Gasteiger partial charge in [-0.1, -0.05) is 41.4 Å². The number of nitrogens with zero attached hydrogens (tertiary/aromatic N) is 3. The zero-order chi connectivity index (χ0) is 24.5. The predicted octanol–water partition coefficient (Wildman–Crippen LogP) is 5.27. The van der Waals surface area contributed by atoms with Crippen LogP contribution in [0.3, 0.4) is 0 Å². The smallest absolute Gasteiger partial charge is 0.227 e. The first kappa shape index (κ1) is 23.4. The maximum Gasteiger partial charge on any atom is 0.227 e. The van der Waals surface area contributed by atoms with Crippen LogP contribution in [0.4, 0.5) is 5.69 Å². The zero-order valence-electron chi connectivity index (χ0n) is 19.8. The number of hydrogen-bond donors (Lipinski definition) is 1. The molecule has 4 aromatic rings. The number of para-hydroxylation sites is 2. The third-order valence-corrected chi connectivity index (χ3v) is 6.91. The molecular weight excluding hydrogens is 462 g/mol. The second-order valence-electron chi connectivity index (χ2n) is 9.19. The monoisotopic (exact) mass is 489 g/mol. The van der Waals surface area contributed by atoms with Crippen LogP contribution in [-0.4, -0.2) is 39.8 Å². The summed E-state index contributed by atoms with van der Waals surface area (Å²) >= 11 is 6.10. The van der Waals surface area contributed by atoms with Crippen LogP contribution in [0.25, 0.3) is 11.0 Å². The van der Waals surface area contributed by atoms with Gasteiger partial charge in [0, 0.05) is 29.6 Å².